The van der Waals surface area contributed by atoms with Gasteiger partial charge in [0.25, 0.3) is 12.2 Å². The molecule has 0 amide bonds. The van der Waals surface area contributed by atoms with Crippen molar-refractivity contribution in [1.82, 2.24) is 15.3 Å². The Balaban J connectivity index is 0.000000454. The second-order valence-electron chi connectivity index (χ2n) is 8.81. The molecule has 1 aliphatic heterocycles. The number of nitro groups is 1. The molecule has 0 aliphatic carbocycles. The average Bonchev–Trinajstić information content (AvgIpc) is 2.86. The highest BCUT2D eigenvalue weighted by atomic mass is 19.1. The first-order chi connectivity index (χ1) is 17.2. The molecular formula is C25H28FN5O5. The lowest BCUT2D eigenvalue weighted by atomic mass is 10.1. The van der Waals surface area contributed by atoms with E-state index in [1.165, 1.54) is 18.3 Å². The Bertz CT molecular complexity index is 1180. The van der Waals surface area contributed by atoms with Crippen molar-refractivity contribution < 1.29 is 23.6 Å². The minimum absolute atomic E-state index is 0.103. The number of anilines is 1. The van der Waals surface area contributed by atoms with E-state index in [0.29, 0.717) is 17.8 Å². The molecule has 0 unspecified atom stereocenters. The Hall–Kier alpha value is -4.12. The number of nitro benzene ring substituents is 1. The molecule has 0 spiro atoms. The first-order valence-corrected chi connectivity index (χ1v) is 11.3. The molecule has 0 bridgehead atoms. The Morgan fingerprint density at radius 3 is 2.42 bits per heavy atom. The van der Waals surface area contributed by atoms with E-state index in [0.717, 1.165) is 43.6 Å². The lowest BCUT2D eigenvalue weighted by Gasteiger charge is -2.28. The molecule has 3 aromatic rings. The lowest BCUT2D eigenvalue weighted by molar-refractivity contribution is -0.385. The van der Waals surface area contributed by atoms with Crippen LogP contribution in [-0.4, -0.2) is 53.1 Å². The molecule has 1 saturated heterocycles. The number of ether oxygens (including phenoxy) is 2. The van der Waals surface area contributed by atoms with Crippen LogP contribution in [0.15, 0.2) is 55.0 Å². The van der Waals surface area contributed by atoms with Crippen LogP contribution in [0.25, 0.3) is 11.1 Å². The quantitative estimate of drug-likeness (QED) is 0.301. The minimum atomic E-state index is -0.811. The van der Waals surface area contributed by atoms with Gasteiger partial charge in [-0.25, -0.2) is 9.37 Å². The van der Waals surface area contributed by atoms with Crippen LogP contribution in [0.2, 0.25) is 0 Å². The van der Waals surface area contributed by atoms with Crippen LogP contribution in [0, 0.1) is 15.9 Å². The third-order valence-corrected chi connectivity index (χ3v) is 5.03. The van der Waals surface area contributed by atoms with Gasteiger partial charge in [-0.1, -0.05) is 0 Å². The second kappa shape index (κ2) is 12.0. The number of hydrogen-bond donors (Lipinski definition) is 1. The van der Waals surface area contributed by atoms with Gasteiger partial charge in [-0.15, -0.1) is 0 Å². The number of carbonyl (C=O) groups is 1. The van der Waals surface area contributed by atoms with Crippen molar-refractivity contribution in [3.05, 3.63) is 70.9 Å². The van der Waals surface area contributed by atoms with Gasteiger partial charge in [0.1, 0.15) is 17.2 Å². The fourth-order valence-corrected chi connectivity index (χ4v) is 3.26. The number of halogens is 1. The molecule has 36 heavy (non-hydrogen) atoms. The van der Waals surface area contributed by atoms with Gasteiger partial charge in [-0.3, -0.25) is 19.9 Å². The van der Waals surface area contributed by atoms with Crippen LogP contribution in [-0.2, 0) is 9.53 Å². The summed E-state index contributed by atoms with van der Waals surface area (Å²) in [4.78, 5) is 30.6. The SMILES string of the molecule is CC(C)(C)OC=O.O=[N+]([O-])c1ccc(Oc2ccncc2-c2ccc(N3CCNCC3)nc2)c(F)c1. The standard InChI is InChI=1S/C20H18FN5O3.C5H10O2/c21-17-11-15(26(27)28)2-3-19(17)29-18-5-6-23-13-16(18)14-1-4-20(24-12-14)25-9-7-22-8-10-25;1-5(2,3)7-4-6/h1-6,11-13,22H,7-10H2;4H,1-3H3. The normalized spacial score (nSPS) is 13.3. The average molecular weight is 498 g/mol. The zero-order valence-electron chi connectivity index (χ0n) is 20.3. The Kier molecular flexibility index (Phi) is 8.85. The van der Waals surface area contributed by atoms with E-state index in [1.807, 2.05) is 32.9 Å². The van der Waals surface area contributed by atoms with Crippen LogP contribution in [0.3, 0.4) is 0 Å². The predicted molar refractivity (Wildman–Crippen MR) is 133 cm³/mol. The molecule has 1 aliphatic rings. The summed E-state index contributed by atoms with van der Waals surface area (Å²) in [5, 5.41) is 14.1. The monoisotopic (exact) mass is 497 g/mol. The molecule has 2 aromatic heterocycles. The highest BCUT2D eigenvalue weighted by molar-refractivity contribution is 5.70. The number of nitrogens with zero attached hydrogens (tertiary/aromatic N) is 4. The maximum atomic E-state index is 14.2. The first-order valence-electron chi connectivity index (χ1n) is 11.3. The van der Waals surface area contributed by atoms with Crippen LogP contribution in [0.1, 0.15) is 20.8 Å². The van der Waals surface area contributed by atoms with Crippen molar-refractivity contribution in [2.75, 3.05) is 31.1 Å². The number of piperazine rings is 1. The summed E-state index contributed by atoms with van der Waals surface area (Å²) < 4.78 is 24.5. The minimum Gasteiger partial charge on any atom is -0.462 e. The number of nitrogens with one attached hydrogen (secondary N) is 1. The fraction of sp³-hybridized carbons (Fsp3) is 0.320. The van der Waals surface area contributed by atoms with Crippen LogP contribution >= 0.6 is 0 Å². The fourth-order valence-electron chi connectivity index (χ4n) is 3.26. The molecule has 3 heterocycles. The van der Waals surface area contributed by atoms with Crippen molar-refractivity contribution in [3.8, 4) is 22.6 Å². The van der Waals surface area contributed by atoms with Crippen LogP contribution in [0.4, 0.5) is 15.9 Å². The molecule has 0 atom stereocenters. The van der Waals surface area contributed by atoms with Crippen LogP contribution < -0.4 is 15.0 Å². The van der Waals surface area contributed by atoms with Crippen LogP contribution in [0.5, 0.6) is 11.5 Å². The number of hydrogen-bond acceptors (Lipinski definition) is 9. The van der Waals surface area contributed by atoms with Gasteiger partial charge >= 0.3 is 0 Å². The van der Waals surface area contributed by atoms with Crippen molar-refractivity contribution in [3.63, 3.8) is 0 Å². The highest BCUT2D eigenvalue weighted by Crippen LogP contribution is 2.34. The molecule has 1 fully saturated rings. The lowest BCUT2D eigenvalue weighted by Crippen LogP contribution is -2.43. The van der Waals surface area contributed by atoms with Gasteiger partial charge in [0, 0.05) is 62.0 Å². The summed E-state index contributed by atoms with van der Waals surface area (Å²) in [6.07, 6.45) is 4.87. The van der Waals surface area contributed by atoms with Gasteiger partial charge in [0.05, 0.1) is 11.0 Å². The summed E-state index contributed by atoms with van der Waals surface area (Å²) in [6, 6.07) is 8.73. The molecule has 0 saturated carbocycles. The van der Waals surface area contributed by atoms with Crippen molar-refractivity contribution in [1.29, 1.82) is 0 Å². The summed E-state index contributed by atoms with van der Waals surface area (Å²) in [5.41, 5.74) is 0.762. The summed E-state index contributed by atoms with van der Waals surface area (Å²) >= 11 is 0. The highest BCUT2D eigenvalue weighted by Gasteiger charge is 2.16. The van der Waals surface area contributed by atoms with Gasteiger partial charge in [0.2, 0.25) is 0 Å². The van der Waals surface area contributed by atoms with Gasteiger partial charge in [-0.05, 0) is 45.0 Å². The molecule has 0 radical (unpaired) electrons. The number of pyridine rings is 2. The van der Waals surface area contributed by atoms with E-state index in [-0.39, 0.29) is 17.0 Å². The topological polar surface area (TPSA) is 120 Å². The maximum Gasteiger partial charge on any atom is 0.293 e. The molecular weight excluding hydrogens is 469 g/mol. The van der Waals surface area contributed by atoms with Crippen molar-refractivity contribution in [2.24, 2.45) is 0 Å². The van der Waals surface area contributed by atoms with Crippen molar-refractivity contribution >= 4 is 18.0 Å². The Labute approximate surface area is 208 Å². The molecule has 1 aromatic carbocycles. The number of carbonyl (C=O) groups excluding carboxylic acids is 1. The molecule has 1 N–H and O–H groups in total. The number of aromatic nitrogens is 2. The van der Waals surface area contributed by atoms with Gasteiger partial charge < -0.3 is 19.7 Å². The number of benzene rings is 1. The maximum absolute atomic E-state index is 14.2. The number of rotatable bonds is 6. The second-order valence-corrected chi connectivity index (χ2v) is 8.81. The van der Waals surface area contributed by atoms with E-state index in [1.54, 1.807) is 18.5 Å². The Morgan fingerprint density at radius 1 is 1.11 bits per heavy atom. The molecule has 190 valence electrons. The largest absolute Gasteiger partial charge is 0.462 e. The van der Waals surface area contributed by atoms with Gasteiger partial charge in [-0.2, -0.15) is 0 Å². The molecule has 11 heteroatoms. The summed E-state index contributed by atoms with van der Waals surface area (Å²) in [7, 11) is 0. The van der Waals surface area contributed by atoms with E-state index >= 15 is 0 Å². The molecule has 4 rings (SSSR count). The Morgan fingerprint density at radius 2 is 1.86 bits per heavy atom. The van der Waals surface area contributed by atoms with E-state index in [2.05, 4.69) is 24.9 Å². The zero-order chi connectivity index (χ0) is 26.1. The third kappa shape index (κ3) is 7.44. The summed E-state index contributed by atoms with van der Waals surface area (Å²) in [5.74, 6) is 0.357. The number of non-ortho nitro benzene ring substituents is 1. The van der Waals surface area contributed by atoms with E-state index in [9.17, 15) is 19.3 Å². The van der Waals surface area contributed by atoms with E-state index < -0.39 is 10.7 Å². The third-order valence-electron chi connectivity index (χ3n) is 5.03. The van der Waals surface area contributed by atoms with Crippen molar-refractivity contribution in [2.45, 2.75) is 26.4 Å². The van der Waals surface area contributed by atoms with Gasteiger partial charge in [0.15, 0.2) is 11.6 Å². The zero-order valence-corrected chi connectivity index (χ0v) is 20.3. The van der Waals surface area contributed by atoms with E-state index in [4.69, 9.17) is 4.74 Å². The molecule has 10 nitrogen and oxygen atoms in total. The summed E-state index contributed by atoms with van der Waals surface area (Å²) in [6.45, 7) is 9.56. The first kappa shape index (κ1) is 26.5. The smallest absolute Gasteiger partial charge is 0.293 e. The predicted octanol–water partition coefficient (Wildman–Crippen LogP) is 4.35.